The van der Waals surface area contributed by atoms with Crippen LogP contribution in [0.4, 0.5) is 5.69 Å². The average molecular weight is 348 g/mol. The molecule has 1 aromatic carbocycles. The first kappa shape index (κ1) is 18.5. The van der Waals surface area contributed by atoms with Crippen LogP contribution < -0.4 is 9.64 Å². The Kier molecular flexibility index (Phi) is 5.87. The van der Waals surface area contributed by atoms with Gasteiger partial charge in [0.2, 0.25) is 0 Å². The molecule has 0 N–H and O–H groups in total. The van der Waals surface area contributed by atoms with Gasteiger partial charge in [-0.2, -0.15) is 0 Å². The summed E-state index contributed by atoms with van der Waals surface area (Å²) in [5, 5.41) is 0. The van der Waals surface area contributed by atoms with Crippen molar-refractivity contribution in [3.63, 3.8) is 0 Å². The van der Waals surface area contributed by atoms with Gasteiger partial charge >= 0.3 is 0 Å². The number of piperazine rings is 1. The third-order valence-corrected chi connectivity index (χ3v) is 5.66. The van der Waals surface area contributed by atoms with Crippen molar-refractivity contribution in [1.82, 2.24) is 9.80 Å². The number of morpholine rings is 1. The fourth-order valence-electron chi connectivity index (χ4n) is 4.02. The molecule has 2 aliphatic heterocycles. The molecule has 25 heavy (non-hydrogen) atoms. The standard InChI is InChI=1S/C20H33N3O2/c1-17-15-21(18-5-7-19(24-4)8-6-18)9-10-22(17)16-20(2,3)23-11-13-25-14-12-23/h5-8,17H,9-16H2,1-4H3. The summed E-state index contributed by atoms with van der Waals surface area (Å²) in [5.74, 6) is 0.919. The van der Waals surface area contributed by atoms with E-state index in [1.54, 1.807) is 7.11 Å². The lowest BCUT2D eigenvalue weighted by Crippen LogP contribution is -2.60. The molecular weight excluding hydrogens is 314 g/mol. The number of rotatable bonds is 5. The van der Waals surface area contributed by atoms with Gasteiger partial charge in [0.25, 0.3) is 0 Å². The first-order valence-electron chi connectivity index (χ1n) is 9.45. The molecule has 0 amide bonds. The van der Waals surface area contributed by atoms with Gasteiger partial charge in [0, 0.05) is 56.5 Å². The van der Waals surface area contributed by atoms with Crippen LogP contribution >= 0.6 is 0 Å². The molecule has 0 radical (unpaired) electrons. The molecule has 1 unspecified atom stereocenters. The fraction of sp³-hybridized carbons (Fsp3) is 0.700. The topological polar surface area (TPSA) is 28.2 Å². The zero-order chi connectivity index (χ0) is 17.9. The Morgan fingerprint density at radius 1 is 1.08 bits per heavy atom. The summed E-state index contributed by atoms with van der Waals surface area (Å²) in [5.41, 5.74) is 1.49. The van der Waals surface area contributed by atoms with E-state index in [2.05, 4.69) is 47.6 Å². The maximum absolute atomic E-state index is 5.51. The maximum atomic E-state index is 5.51. The van der Waals surface area contributed by atoms with Crippen molar-refractivity contribution in [3.8, 4) is 5.75 Å². The highest BCUT2D eigenvalue weighted by Gasteiger charge is 2.33. The van der Waals surface area contributed by atoms with E-state index in [0.29, 0.717) is 6.04 Å². The van der Waals surface area contributed by atoms with Crippen molar-refractivity contribution in [1.29, 1.82) is 0 Å². The number of hydrogen-bond acceptors (Lipinski definition) is 5. The molecule has 0 aliphatic carbocycles. The largest absolute Gasteiger partial charge is 0.497 e. The van der Waals surface area contributed by atoms with Crippen molar-refractivity contribution in [2.75, 3.05) is 64.5 Å². The van der Waals surface area contributed by atoms with Crippen LogP contribution in [-0.2, 0) is 4.74 Å². The second kappa shape index (κ2) is 7.94. The quantitative estimate of drug-likeness (QED) is 0.815. The number of nitrogens with zero attached hydrogens (tertiary/aromatic N) is 3. The van der Waals surface area contributed by atoms with Crippen LogP contribution in [0.3, 0.4) is 0 Å². The molecule has 5 nitrogen and oxygen atoms in total. The van der Waals surface area contributed by atoms with Gasteiger partial charge in [0.15, 0.2) is 0 Å². The van der Waals surface area contributed by atoms with Gasteiger partial charge in [-0.15, -0.1) is 0 Å². The van der Waals surface area contributed by atoms with Crippen LogP contribution in [0.25, 0.3) is 0 Å². The summed E-state index contributed by atoms with van der Waals surface area (Å²) >= 11 is 0. The summed E-state index contributed by atoms with van der Waals surface area (Å²) in [4.78, 5) is 7.72. The number of benzene rings is 1. The van der Waals surface area contributed by atoms with Gasteiger partial charge in [0.05, 0.1) is 20.3 Å². The summed E-state index contributed by atoms with van der Waals surface area (Å²) in [7, 11) is 1.71. The lowest BCUT2D eigenvalue weighted by atomic mass is 9.99. The SMILES string of the molecule is COc1ccc(N2CCN(CC(C)(C)N3CCOCC3)C(C)C2)cc1. The van der Waals surface area contributed by atoms with E-state index in [-0.39, 0.29) is 5.54 Å². The predicted octanol–water partition coefficient (Wildman–Crippen LogP) is 2.32. The molecule has 1 atom stereocenters. The number of methoxy groups -OCH3 is 1. The van der Waals surface area contributed by atoms with Crippen molar-refractivity contribution in [2.24, 2.45) is 0 Å². The highest BCUT2D eigenvalue weighted by atomic mass is 16.5. The first-order chi connectivity index (χ1) is 12.0. The molecule has 0 bridgehead atoms. The van der Waals surface area contributed by atoms with E-state index >= 15 is 0 Å². The van der Waals surface area contributed by atoms with E-state index in [1.807, 2.05) is 12.1 Å². The van der Waals surface area contributed by atoms with Crippen LogP contribution in [0, 0.1) is 0 Å². The van der Waals surface area contributed by atoms with Gasteiger partial charge in [-0.3, -0.25) is 9.80 Å². The molecule has 2 aliphatic rings. The minimum Gasteiger partial charge on any atom is -0.497 e. The van der Waals surface area contributed by atoms with Crippen molar-refractivity contribution < 1.29 is 9.47 Å². The van der Waals surface area contributed by atoms with E-state index in [0.717, 1.165) is 58.2 Å². The van der Waals surface area contributed by atoms with Crippen molar-refractivity contribution >= 4 is 5.69 Å². The second-order valence-electron chi connectivity index (χ2n) is 7.88. The summed E-state index contributed by atoms with van der Waals surface area (Å²) in [6.07, 6.45) is 0. The second-order valence-corrected chi connectivity index (χ2v) is 7.88. The van der Waals surface area contributed by atoms with E-state index < -0.39 is 0 Å². The Labute approximate surface area is 152 Å². The molecule has 140 valence electrons. The minimum atomic E-state index is 0.195. The summed E-state index contributed by atoms with van der Waals surface area (Å²) in [6.45, 7) is 15.3. The highest BCUT2D eigenvalue weighted by molar-refractivity contribution is 5.49. The third-order valence-electron chi connectivity index (χ3n) is 5.66. The maximum Gasteiger partial charge on any atom is 0.119 e. The molecule has 1 aromatic rings. The summed E-state index contributed by atoms with van der Waals surface area (Å²) < 4.78 is 10.8. The molecule has 0 aromatic heterocycles. The lowest BCUT2D eigenvalue weighted by Gasteiger charge is -2.48. The zero-order valence-corrected chi connectivity index (χ0v) is 16.2. The minimum absolute atomic E-state index is 0.195. The normalized spacial score (nSPS) is 23.7. The van der Waals surface area contributed by atoms with E-state index in [9.17, 15) is 0 Å². The molecule has 0 spiro atoms. The molecule has 2 heterocycles. The average Bonchev–Trinajstić information content (AvgIpc) is 2.64. The third kappa shape index (κ3) is 4.46. The first-order valence-corrected chi connectivity index (χ1v) is 9.45. The monoisotopic (exact) mass is 347 g/mol. The Balaban J connectivity index is 1.57. The molecule has 3 rings (SSSR count). The van der Waals surface area contributed by atoms with Crippen LogP contribution in [0.2, 0.25) is 0 Å². The highest BCUT2D eigenvalue weighted by Crippen LogP contribution is 2.25. The fourth-order valence-corrected chi connectivity index (χ4v) is 4.02. The zero-order valence-electron chi connectivity index (χ0n) is 16.2. The van der Waals surface area contributed by atoms with Gasteiger partial charge < -0.3 is 14.4 Å². The Morgan fingerprint density at radius 3 is 2.36 bits per heavy atom. The molecular formula is C20H33N3O2. The Bertz CT molecular complexity index is 540. The van der Waals surface area contributed by atoms with Gasteiger partial charge in [-0.25, -0.2) is 0 Å². The van der Waals surface area contributed by atoms with Gasteiger partial charge in [-0.1, -0.05) is 0 Å². The van der Waals surface area contributed by atoms with Crippen molar-refractivity contribution in [3.05, 3.63) is 24.3 Å². The number of hydrogen-bond donors (Lipinski definition) is 0. The summed E-state index contributed by atoms with van der Waals surface area (Å²) in [6, 6.07) is 8.98. The number of ether oxygens (including phenoxy) is 2. The molecule has 5 heteroatoms. The Morgan fingerprint density at radius 2 is 1.76 bits per heavy atom. The van der Waals surface area contributed by atoms with Gasteiger partial charge in [-0.05, 0) is 45.0 Å². The van der Waals surface area contributed by atoms with E-state index in [4.69, 9.17) is 9.47 Å². The predicted molar refractivity (Wildman–Crippen MR) is 103 cm³/mol. The lowest BCUT2D eigenvalue weighted by molar-refractivity contribution is -0.0264. The molecule has 0 saturated carbocycles. The van der Waals surface area contributed by atoms with Crippen LogP contribution in [0.5, 0.6) is 5.75 Å². The molecule has 2 saturated heterocycles. The van der Waals surface area contributed by atoms with Crippen molar-refractivity contribution in [2.45, 2.75) is 32.4 Å². The van der Waals surface area contributed by atoms with E-state index in [1.165, 1.54) is 5.69 Å². The molecule has 2 fully saturated rings. The van der Waals surface area contributed by atoms with Gasteiger partial charge in [0.1, 0.15) is 5.75 Å². The van der Waals surface area contributed by atoms with Crippen LogP contribution in [0.1, 0.15) is 20.8 Å². The van der Waals surface area contributed by atoms with Crippen LogP contribution in [0.15, 0.2) is 24.3 Å². The van der Waals surface area contributed by atoms with Crippen LogP contribution in [-0.4, -0.2) is 81.0 Å². The smallest absolute Gasteiger partial charge is 0.119 e. The Hall–Kier alpha value is -1.30. The number of anilines is 1.